The number of benzene rings is 3. The van der Waals surface area contributed by atoms with E-state index in [1.807, 2.05) is 61.5 Å². The van der Waals surface area contributed by atoms with Gasteiger partial charge in [-0.25, -0.2) is 4.68 Å². The number of halogens is 1. The number of ether oxygens (including phenoxy) is 1. The molecule has 1 aliphatic heterocycles. The number of nitrogens with one attached hydrogen (secondary N) is 3. The van der Waals surface area contributed by atoms with Crippen molar-refractivity contribution in [2.75, 3.05) is 23.1 Å². The molecule has 0 fully saturated rings. The van der Waals surface area contributed by atoms with Crippen LogP contribution in [-0.4, -0.2) is 28.7 Å². The monoisotopic (exact) mass is 513 g/mol. The van der Waals surface area contributed by atoms with E-state index in [0.717, 1.165) is 5.56 Å². The normalized spacial score (nSPS) is 14.4. The molecule has 8 nitrogen and oxygen atoms in total. The lowest BCUT2D eigenvalue weighted by atomic mass is 9.94. The van der Waals surface area contributed by atoms with Crippen LogP contribution in [0.25, 0.3) is 0 Å². The Bertz CT molecular complexity index is 1480. The van der Waals surface area contributed by atoms with Crippen molar-refractivity contribution < 1.29 is 14.3 Å². The van der Waals surface area contributed by atoms with E-state index in [-0.39, 0.29) is 11.8 Å². The minimum Gasteiger partial charge on any atom is -0.497 e. The molecule has 0 unspecified atom stereocenters. The van der Waals surface area contributed by atoms with Crippen LogP contribution in [0.1, 0.15) is 28.9 Å². The second kappa shape index (κ2) is 10.2. The number of hydrogen-bond donors (Lipinski definition) is 3. The number of carbonyl (C=O) groups is 2. The molecular formula is C28H24ClN5O3. The molecule has 9 heteroatoms. The summed E-state index contributed by atoms with van der Waals surface area (Å²) in [6, 6.07) is 22.9. The summed E-state index contributed by atoms with van der Waals surface area (Å²) in [5, 5.41) is 14.2. The highest BCUT2D eigenvalue weighted by atomic mass is 35.5. The number of anilines is 3. The predicted octanol–water partition coefficient (Wildman–Crippen LogP) is 5.73. The third-order valence-corrected chi connectivity index (χ3v) is 6.33. The molecule has 186 valence electrons. The van der Waals surface area contributed by atoms with Crippen molar-refractivity contribution >= 4 is 40.6 Å². The van der Waals surface area contributed by atoms with Crippen molar-refractivity contribution in [2.24, 2.45) is 0 Å². The zero-order valence-electron chi connectivity index (χ0n) is 20.2. The Labute approximate surface area is 218 Å². The molecule has 0 bridgehead atoms. The zero-order valence-corrected chi connectivity index (χ0v) is 20.9. The van der Waals surface area contributed by atoms with Crippen molar-refractivity contribution in [1.29, 1.82) is 0 Å². The molecule has 37 heavy (non-hydrogen) atoms. The molecular weight excluding hydrogens is 490 g/mol. The van der Waals surface area contributed by atoms with Crippen molar-refractivity contribution in [3.8, 4) is 5.75 Å². The van der Waals surface area contributed by atoms with Crippen LogP contribution in [0, 0.1) is 0 Å². The van der Waals surface area contributed by atoms with E-state index in [1.54, 1.807) is 36.1 Å². The summed E-state index contributed by atoms with van der Waals surface area (Å²) in [7, 11) is 1.60. The number of rotatable bonds is 6. The first-order chi connectivity index (χ1) is 17.9. The lowest BCUT2D eigenvalue weighted by Gasteiger charge is -2.30. The summed E-state index contributed by atoms with van der Waals surface area (Å²) in [5.41, 5.74) is 3.52. The molecule has 1 atom stereocenters. The van der Waals surface area contributed by atoms with Gasteiger partial charge in [0, 0.05) is 22.1 Å². The number of amides is 2. The van der Waals surface area contributed by atoms with Crippen LogP contribution in [0.4, 0.5) is 17.2 Å². The smallest absolute Gasteiger partial charge is 0.261 e. The van der Waals surface area contributed by atoms with Gasteiger partial charge in [0.1, 0.15) is 23.2 Å². The van der Waals surface area contributed by atoms with Crippen molar-refractivity contribution in [3.63, 3.8) is 0 Å². The van der Waals surface area contributed by atoms with Gasteiger partial charge in [-0.15, -0.1) is 0 Å². The molecule has 2 heterocycles. The highest BCUT2D eigenvalue weighted by molar-refractivity contribution is 6.30. The Morgan fingerprint density at radius 1 is 0.919 bits per heavy atom. The number of carbonyl (C=O) groups excluding carboxylic acids is 2. The predicted molar refractivity (Wildman–Crippen MR) is 144 cm³/mol. The number of nitrogens with zero attached hydrogens (tertiary/aromatic N) is 2. The zero-order chi connectivity index (χ0) is 25.9. The average Bonchev–Trinajstić information content (AvgIpc) is 3.33. The Hall–Kier alpha value is -4.56. The molecule has 3 N–H and O–H groups in total. The van der Waals surface area contributed by atoms with Crippen LogP contribution in [0.3, 0.4) is 0 Å². The molecule has 4 aromatic rings. The summed E-state index contributed by atoms with van der Waals surface area (Å²) >= 11 is 6.00. The fourth-order valence-corrected chi connectivity index (χ4v) is 4.39. The summed E-state index contributed by atoms with van der Waals surface area (Å²) in [5.74, 6) is 0.573. The standard InChI is InChI=1S/C28H24ClN5O3/c1-17-24(28(36)33-21-12-10-19(29)11-13-21)25(18-8-14-22(37-2)15-9-18)34-26(31-17)23(16-30-34)27(35)32-20-6-4-3-5-7-20/h3-16,25,31H,1-2H3,(H,32,35)(H,33,36)/t25-/m1/s1. The van der Waals surface area contributed by atoms with Crippen LogP contribution in [-0.2, 0) is 4.79 Å². The minimum absolute atomic E-state index is 0.301. The van der Waals surface area contributed by atoms with E-state index in [4.69, 9.17) is 16.3 Å². The summed E-state index contributed by atoms with van der Waals surface area (Å²) in [6.07, 6.45) is 1.50. The maximum atomic E-state index is 13.6. The maximum Gasteiger partial charge on any atom is 0.261 e. The van der Waals surface area contributed by atoms with Gasteiger partial charge in [0.25, 0.3) is 11.8 Å². The second-order valence-corrected chi connectivity index (χ2v) is 8.91. The van der Waals surface area contributed by atoms with Gasteiger partial charge in [-0.2, -0.15) is 5.10 Å². The Balaban J connectivity index is 1.54. The molecule has 0 aliphatic carbocycles. The molecule has 5 rings (SSSR count). The first-order valence-corrected chi connectivity index (χ1v) is 11.9. The van der Waals surface area contributed by atoms with Crippen molar-refractivity contribution in [2.45, 2.75) is 13.0 Å². The quantitative estimate of drug-likeness (QED) is 0.306. The van der Waals surface area contributed by atoms with Crippen molar-refractivity contribution in [1.82, 2.24) is 9.78 Å². The number of methoxy groups -OCH3 is 1. The van der Waals surface area contributed by atoms with Gasteiger partial charge >= 0.3 is 0 Å². The highest BCUT2D eigenvalue weighted by Gasteiger charge is 2.35. The minimum atomic E-state index is -0.590. The lowest BCUT2D eigenvalue weighted by molar-refractivity contribution is -0.113. The van der Waals surface area contributed by atoms with Crippen LogP contribution in [0.5, 0.6) is 5.75 Å². The topological polar surface area (TPSA) is 97.3 Å². The Morgan fingerprint density at radius 3 is 2.24 bits per heavy atom. The number of para-hydroxylation sites is 1. The average molecular weight is 514 g/mol. The van der Waals surface area contributed by atoms with Crippen LogP contribution >= 0.6 is 11.6 Å². The number of hydrogen-bond acceptors (Lipinski definition) is 5. The third-order valence-electron chi connectivity index (χ3n) is 6.08. The van der Waals surface area contributed by atoms with E-state index in [2.05, 4.69) is 21.0 Å². The van der Waals surface area contributed by atoms with Crippen molar-refractivity contribution in [3.05, 3.63) is 112 Å². The van der Waals surface area contributed by atoms with Gasteiger partial charge in [0.05, 0.1) is 18.9 Å². The van der Waals surface area contributed by atoms with Crippen LogP contribution < -0.4 is 20.7 Å². The maximum absolute atomic E-state index is 13.6. The van der Waals surface area contributed by atoms with Gasteiger partial charge in [0.15, 0.2) is 0 Å². The molecule has 1 aromatic heterocycles. The molecule has 0 saturated carbocycles. The number of allylic oxidation sites excluding steroid dienone is 1. The molecule has 2 amide bonds. The van der Waals surface area contributed by atoms with E-state index < -0.39 is 6.04 Å². The van der Waals surface area contributed by atoms with E-state index in [0.29, 0.717) is 44.8 Å². The Kier molecular flexibility index (Phi) is 6.66. The lowest BCUT2D eigenvalue weighted by Crippen LogP contribution is -2.32. The fraction of sp³-hybridized carbons (Fsp3) is 0.107. The molecule has 0 spiro atoms. The molecule has 3 aromatic carbocycles. The van der Waals surface area contributed by atoms with Gasteiger partial charge in [-0.3, -0.25) is 9.59 Å². The fourth-order valence-electron chi connectivity index (χ4n) is 4.26. The SMILES string of the molecule is COc1ccc([C@@H]2C(C(=O)Nc3ccc(Cl)cc3)=C(C)Nc3c(C(=O)Nc4ccccc4)cnn32)cc1. The summed E-state index contributed by atoms with van der Waals surface area (Å²) in [4.78, 5) is 26.7. The van der Waals surface area contributed by atoms with E-state index in [9.17, 15) is 9.59 Å². The first-order valence-electron chi connectivity index (χ1n) is 11.6. The van der Waals surface area contributed by atoms with Gasteiger partial charge in [-0.1, -0.05) is 41.9 Å². The highest BCUT2D eigenvalue weighted by Crippen LogP contribution is 2.38. The summed E-state index contributed by atoms with van der Waals surface area (Å²) < 4.78 is 6.97. The Morgan fingerprint density at radius 2 is 1.57 bits per heavy atom. The second-order valence-electron chi connectivity index (χ2n) is 8.47. The number of fused-ring (bicyclic) bond motifs is 1. The number of aromatic nitrogens is 2. The molecule has 0 saturated heterocycles. The van der Waals surface area contributed by atoms with Gasteiger partial charge in [-0.05, 0) is 61.0 Å². The largest absolute Gasteiger partial charge is 0.497 e. The van der Waals surface area contributed by atoms with Crippen LogP contribution in [0.2, 0.25) is 5.02 Å². The first kappa shape index (κ1) is 24.1. The molecule has 0 radical (unpaired) electrons. The third kappa shape index (κ3) is 4.92. The summed E-state index contributed by atoms with van der Waals surface area (Å²) in [6.45, 7) is 1.81. The van der Waals surface area contributed by atoms with Gasteiger partial charge in [0.2, 0.25) is 0 Å². The molecule has 1 aliphatic rings. The van der Waals surface area contributed by atoms with Crippen LogP contribution in [0.15, 0.2) is 96.3 Å². The van der Waals surface area contributed by atoms with E-state index in [1.165, 1.54) is 6.20 Å². The van der Waals surface area contributed by atoms with Gasteiger partial charge < -0.3 is 20.7 Å². The van der Waals surface area contributed by atoms with E-state index >= 15 is 0 Å².